The summed E-state index contributed by atoms with van der Waals surface area (Å²) in [7, 11) is 0. The molecule has 182 valence electrons. The molecule has 0 fully saturated rings. The summed E-state index contributed by atoms with van der Waals surface area (Å²) in [4.78, 5) is 0. The maximum absolute atomic E-state index is 2.31. The monoisotopic (exact) mass is 470 g/mol. The number of rotatable bonds is 4. The van der Waals surface area contributed by atoms with Crippen LogP contribution in [0.25, 0.3) is 22.3 Å². The third kappa shape index (κ3) is 3.94. The summed E-state index contributed by atoms with van der Waals surface area (Å²) in [5, 5.41) is 0. The van der Waals surface area contributed by atoms with Crippen LogP contribution < -0.4 is 0 Å². The van der Waals surface area contributed by atoms with E-state index in [0.29, 0.717) is 11.8 Å². The van der Waals surface area contributed by atoms with Crippen molar-refractivity contribution in [3.05, 3.63) is 129 Å². The van der Waals surface area contributed by atoms with Gasteiger partial charge in [0.15, 0.2) is 0 Å². The van der Waals surface area contributed by atoms with Crippen LogP contribution in [-0.2, 0) is 0 Å². The standard InChI is InChI=1S/C36H38/c1-21-22(2)26(6)35(25(21)5)33-17-13-31(14-18-33)29-9-11-30(12-10-29)32-15-19-34(20-16-32)36-27(7)23(3)24(4)28(36)8/h9-20,35-36H,1-8H3. The first-order valence-corrected chi connectivity index (χ1v) is 13.2. The first-order chi connectivity index (χ1) is 17.2. The highest BCUT2D eigenvalue weighted by Gasteiger charge is 2.26. The van der Waals surface area contributed by atoms with Crippen LogP contribution in [0.4, 0.5) is 0 Å². The molecule has 0 nitrogen and oxygen atoms in total. The molecule has 0 heteroatoms. The number of hydrogen-bond donors (Lipinski definition) is 0. The fourth-order valence-corrected chi connectivity index (χ4v) is 6.29. The molecule has 36 heavy (non-hydrogen) atoms. The second kappa shape index (κ2) is 9.25. The summed E-state index contributed by atoms with van der Waals surface area (Å²) in [6.07, 6.45) is 0. The van der Waals surface area contributed by atoms with Crippen molar-refractivity contribution in [1.29, 1.82) is 0 Å². The van der Waals surface area contributed by atoms with E-state index in [1.807, 2.05) is 0 Å². The summed E-state index contributed by atoms with van der Waals surface area (Å²) in [6.45, 7) is 18.1. The number of hydrogen-bond acceptors (Lipinski definition) is 0. The van der Waals surface area contributed by atoms with Gasteiger partial charge >= 0.3 is 0 Å². The summed E-state index contributed by atoms with van der Waals surface area (Å²) in [5.41, 5.74) is 19.6. The van der Waals surface area contributed by atoms with E-state index < -0.39 is 0 Å². The van der Waals surface area contributed by atoms with Gasteiger partial charge in [0, 0.05) is 11.8 Å². The molecular weight excluding hydrogens is 432 g/mol. The van der Waals surface area contributed by atoms with Gasteiger partial charge in [-0.3, -0.25) is 0 Å². The molecule has 0 heterocycles. The van der Waals surface area contributed by atoms with Crippen molar-refractivity contribution in [2.45, 2.75) is 67.2 Å². The Balaban J connectivity index is 1.34. The third-order valence-electron chi connectivity index (χ3n) is 9.26. The van der Waals surface area contributed by atoms with Gasteiger partial charge in [0.05, 0.1) is 0 Å². The Bertz CT molecular complexity index is 1280. The van der Waals surface area contributed by atoms with Crippen LogP contribution in [0.15, 0.2) is 117 Å². The Hall–Kier alpha value is -3.38. The molecule has 3 aromatic rings. The van der Waals surface area contributed by atoms with E-state index in [0.717, 1.165) is 0 Å². The molecule has 5 rings (SSSR count). The van der Waals surface area contributed by atoms with Gasteiger partial charge in [-0.15, -0.1) is 0 Å². The van der Waals surface area contributed by atoms with Gasteiger partial charge in [-0.05, 0) is 111 Å². The minimum absolute atomic E-state index is 0.431. The highest BCUT2D eigenvalue weighted by atomic mass is 14.3. The zero-order chi connectivity index (χ0) is 25.7. The normalized spacial score (nSPS) is 17.3. The van der Waals surface area contributed by atoms with E-state index in [-0.39, 0.29) is 0 Å². The van der Waals surface area contributed by atoms with Crippen LogP contribution in [0.1, 0.15) is 78.4 Å². The number of allylic oxidation sites excluding steroid dienone is 8. The highest BCUT2D eigenvalue weighted by molar-refractivity contribution is 5.71. The fourth-order valence-electron chi connectivity index (χ4n) is 6.29. The number of benzene rings is 3. The van der Waals surface area contributed by atoms with Crippen LogP contribution in [0.2, 0.25) is 0 Å². The van der Waals surface area contributed by atoms with Crippen LogP contribution in [0, 0.1) is 0 Å². The Morgan fingerprint density at radius 2 is 0.500 bits per heavy atom. The Labute approximate surface area is 217 Å². The lowest BCUT2D eigenvalue weighted by molar-refractivity contribution is 0.935. The van der Waals surface area contributed by atoms with Crippen molar-refractivity contribution >= 4 is 0 Å². The Kier molecular flexibility index (Phi) is 6.25. The minimum atomic E-state index is 0.431. The summed E-state index contributed by atoms with van der Waals surface area (Å²) < 4.78 is 0. The highest BCUT2D eigenvalue weighted by Crippen LogP contribution is 2.44. The molecule has 0 aliphatic heterocycles. The van der Waals surface area contributed by atoms with Crippen molar-refractivity contribution in [3.63, 3.8) is 0 Å². The van der Waals surface area contributed by atoms with E-state index in [4.69, 9.17) is 0 Å². The lowest BCUT2D eigenvalue weighted by Gasteiger charge is -2.17. The maximum Gasteiger partial charge on any atom is 0.0263 e. The molecule has 0 atom stereocenters. The van der Waals surface area contributed by atoms with Crippen molar-refractivity contribution in [2.24, 2.45) is 0 Å². The predicted octanol–water partition coefficient (Wildman–Crippen LogP) is 10.6. The third-order valence-corrected chi connectivity index (χ3v) is 9.26. The first kappa shape index (κ1) is 24.3. The Morgan fingerprint density at radius 3 is 0.722 bits per heavy atom. The van der Waals surface area contributed by atoms with Crippen LogP contribution in [0.3, 0.4) is 0 Å². The average Bonchev–Trinajstić information content (AvgIpc) is 3.22. The lowest BCUT2D eigenvalue weighted by atomic mass is 9.87. The quantitative estimate of drug-likeness (QED) is 0.356. The first-order valence-electron chi connectivity index (χ1n) is 13.2. The van der Waals surface area contributed by atoms with Gasteiger partial charge in [0.1, 0.15) is 0 Å². The minimum Gasteiger partial charge on any atom is -0.0585 e. The molecule has 0 saturated carbocycles. The maximum atomic E-state index is 2.31. The van der Waals surface area contributed by atoms with Gasteiger partial charge in [-0.1, -0.05) is 95.1 Å². The van der Waals surface area contributed by atoms with E-state index in [2.05, 4.69) is 128 Å². The second-order valence-electron chi connectivity index (χ2n) is 10.9. The zero-order valence-electron chi connectivity index (χ0n) is 23.1. The summed E-state index contributed by atoms with van der Waals surface area (Å²) in [5.74, 6) is 0.861. The van der Waals surface area contributed by atoms with Gasteiger partial charge < -0.3 is 0 Å². The average molecular weight is 471 g/mol. The molecule has 0 bridgehead atoms. The molecule has 0 aromatic heterocycles. The molecule has 2 aliphatic rings. The SMILES string of the molecule is CC1=C(C)C(c2ccc(-c3ccc(-c4ccc(C5C(C)=C(C)C(C)=C5C)cc4)cc3)cc2)C(C)=C1C. The molecule has 0 spiro atoms. The lowest BCUT2D eigenvalue weighted by Crippen LogP contribution is -1.99. The van der Waals surface area contributed by atoms with Gasteiger partial charge in [0.2, 0.25) is 0 Å². The van der Waals surface area contributed by atoms with E-state index in [1.54, 1.807) is 0 Å². The molecule has 3 aromatic carbocycles. The van der Waals surface area contributed by atoms with Gasteiger partial charge in [-0.2, -0.15) is 0 Å². The van der Waals surface area contributed by atoms with Crippen molar-refractivity contribution in [1.82, 2.24) is 0 Å². The molecule has 2 aliphatic carbocycles. The van der Waals surface area contributed by atoms with E-state index in [9.17, 15) is 0 Å². The largest absolute Gasteiger partial charge is 0.0585 e. The smallest absolute Gasteiger partial charge is 0.0263 e. The van der Waals surface area contributed by atoms with Gasteiger partial charge in [-0.25, -0.2) is 0 Å². The summed E-state index contributed by atoms with van der Waals surface area (Å²) in [6, 6.07) is 27.4. The van der Waals surface area contributed by atoms with Crippen LogP contribution in [-0.4, -0.2) is 0 Å². The molecule has 0 N–H and O–H groups in total. The van der Waals surface area contributed by atoms with Crippen molar-refractivity contribution < 1.29 is 0 Å². The molecular formula is C36H38. The van der Waals surface area contributed by atoms with Crippen LogP contribution >= 0.6 is 0 Å². The van der Waals surface area contributed by atoms with Crippen LogP contribution in [0.5, 0.6) is 0 Å². The molecule has 0 saturated heterocycles. The van der Waals surface area contributed by atoms with E-state index >= 15 is 0 Å². The van der Waals surface area contributed by atoms with E-state index in [1.165, 1.54) is 78.0 Å². The topological polar surface area (TPSA) is 0 Å². The van der Waals surface area contributed by atoms with Gasteiger partial charge in [0.25, 0.3) is 0 Å². The predicted molar refractivity (Wildman–Crippen MR) is 156 cm³/mol. The summed E-state index contributed by atoms with van der Waals surface area (Å²) >= 11 is 0. The Morgan fingerprint density at radius 1 is 0.306 bits per heavy atom. The fraction of sp³-hybridized carbons (Fsp3) is 0.278. The van der Waals surface area contributed by atoms with Crippen molar-refractivity contribution in [3.8, 4) is 22.3 Å². The zero-order valence-corrected chi connectivity index (χ0v) is 23.1. The molecule has 0 radical (unpaired) electrons. The molecule has 0 unspecified atom stereocenters. The second-order valence-corrected chi connectivity index (χ2v) is 10.9. The molecule has 0 amide bonds. The van der Waals surface area contributed by atoms with Crippen molar-refractivity contribution in [2.75, 3.05) is 0 Å².